The molecule has 0 radical (unpaired) electrons. The number of benzene rings is 2. The van der Waals surface area contributed by atoms with Gasteiger partial charge in [-0.2, -0.15) is 13.2 Å². The molecule has 2 heterocycles. The second-order valence-electron chi connectivity index (χ2n) is 14.4. The predicted molar refractivity (Wildman–Crippen MR) is 200 cm³/mol. The Balaban J connectivity index is 0.00000122. The Bertz CT molecular complexity index is 2060. The van der Waals surface area contributed by atoms with Crippen molar-refractivity contribution in [2.75, 3.05) is 19.6 Å². The van der Waals surface area contributed by atoms with Crippen LogP contribution in [-0.4, -0.2) is 104 Å². The molecule has 3 aromatic rings. The molecule has 1 aromatic heterocycles. The number of hydrogen-bond donors (Lipinski definition) is 5. The molecule has 0 unspecified atom stereocenters. The number of carboxylic acid groups (broad SMARTS) is 2. The van der Waals surface area contributed by atoms with E-state index in [-0.39, 0.29) is 24.4 Å². The van der Waals surface area contributed by atoms with Crippen LogP contribution < -0.4 is 16.4 Å². The number of hydrogen-bond acceptors (Lipinski definition) is 8. The van der Waals surface area contributed by atoms with E-state index >= 15 is 0 Å². The molecule has 15 nitrogen and oxygen atoms in total. The molecule has 0 saturated heterocycles. The number of carboxylic acids is 2. The Labute approximate surface area is 334 Å². The fourth-order valence-electron chi connectivity index (χ4n) is 5.97. The van der Waals surface area contributed by atoms with Gasteiger partial charge in [0.2, 0.25) is 17.7 Å². The summed E-state index contributed by atoms with van der Waals surface area (Å²) in [6.45, 7) is 6.24. The second-order valence-corrected chi connectivity index (χ2v) is 14.4. The molecule has 20 heteroatoms. The minimum Gasteiger partial charge on any atom is -0.480 e. The molecule has 0 spiro atoms. The molecule has 4 rings (SSSR count). The van der Waals surface area contributed by atoms with Crippen molar-refractivity contribution in [2.24, 2.45) is 11.1 Å². The minimum atomic E-state index is -5.08. The van der Waals surface area contributed by atoms with Crippen molar-refractivity contribution < 1.29 is 65.7 Å². The van der Waals surface area contributed by atoms with Gasteiger partial charge in [-0.3, -0.25) is 28.9 Å². The van der Waals surface area contributed by atoms with Crippen LogP contribution in [0.2, 0.25) is 0 Å². The lowest BCUT2D eigenvalue weighted by atomic mass is 9.82. The zero-order valence-electron chi connectivity index (χ0n) is 32.3. The first-order valence-corrected chi connectivity index (χ1v) is 17.8. The lowest BCUT2D eigenvalue weighted by molar-refractivity contribution is -0.192. The molecule has 2 aromatic carbocycles. The van der Waals surface area contributed by atoms with Gasteiger partial charge in [0, 0.05) is 61.7 Å². The zero-order chi connectivity index (χ0) is 44.4. The highest BCUT2D eigenvalue weighted by Crippen LogP contribution is 2.41. The van der Waals surface area contributed by atoms with Gasteiger partial charge in [0.25, 0.3) is 11.8 Å². The Morgan fingerprint density at radius 1 is 0.915 bits per heavy atom. The van der Waals surface area contributed by atoms with Crippen molar-refractivity contribution in [1.82, 2.24) is 25.0 Å². The standard InChI is InChI=1S/C37H42F2N6O7.C2HF3O2/c1-22(46)44(15-14-28(40)35(50)42-29(36(51)52)18-41-31(47)21-45-32(48)12-13-33(45)49)34(37(2,3)4)30-16-24(26-17-25(38)10-11-27(26)39)20-43(30)19-23-8-6-5-7-9-23;3-2(4,5)1(6)7/h5-13,16-17,20,28-29,34H,14-15,18-19,21,40H2,1-4H3,(H,41,47)(H,42,50)(H,51,52);(H,6,7)/t28-,29-,34-;/m0./s1. The van der Waals surface area contributed by atoms with E-state index < -0.39 is 90.0 Å². The van der Waals surface area contributed by atoms with Crippen LogP contribution in [0.4, 0.5) is 22.0 Å². The Hall–Kier alpha value is -6.44. The number of nitrogens with zero attached hydrogens (tertiary/aromatic N) is 3. The number of halogens is 5. The fourth-order valence-corrected chi connectivity index (χ4v) is 5.97. The zero-order valence-corrected chi connectivity index (χ0v) is 32.3. The lowest BCUT2D eigenvalue weighted by Gasteiger charge is -2.41. The van der Waals surface area contributed by atoms with E-state index in [1.165, 1.54) is 6.92 Å². The average Bonchev–Trinajstić information content (AvgIpc) is 3.69. The maximum atomic E-state index is 15.0. The van der Waals surface area contributed by atoms with Crippen molar-refractivity contribution in [1.29, 1.82) is 0 Å². The molecular weight excluding hydrogens is 791 g/mol. The molecule has 6 N–H and O–H groups in total. The molecule has 5 amide bonds. The molecular formula is C39H43F5N6O9. The van der Waals surface area contributed by atoms with Crippen LogP contribution in [0.15, 0.2) is 72.9 Å². The molecule has 0 aliphatic carbocycles. The summed E-state index contributed by atoms with van der Waals surface area (Å²) in [7, 11) is 0. The first-order chi connectivity index (χ1) is 27.4. The number of carbonyl (C=O) groups excluding carboxylic acids is 5. The van der Waals surface area contributed by atoms with Crippen LogP contribution in [0.3, 0.4) is 0 Å². The summed E-state index contributed by atoms with van der Waals surface area (Å²) >= 11 is 0. The van der Waals surface area contributed by atoms with Gasteiger partial charge < -0.3 is 36.0 Å². The van der Waals surface area contributed by atoms with Gasteiger partial charge in [0.1, 0.15) is 24.2 Å². The number of alkyl halides is 3. The molecule has 1 aliphatic heterocycles. The third-order valence-electron chi connectivity index (χ3n) is 8.76. The maximum Gasteiger partial charge on any atom is 0.490 e. The van der Waals surface area contributed by atoms with E-state index in [0.29, 0.717) is 22.7 Å². The monoisotopic (exact) mass is 834 g/mol. The maximum absolute atomic E-state index is 15.0. The van der Waals surface area contributed by atoms with Crippen LogP contribution in [0.25, 0.3) is 11.1 Å². The number of rotatable bonds is 15. The number of aliphatic carboxylic acids is 2. The van der Waals surface area contributed by atoms with Crippen LogP contribution >= 0.6 is 0 Å². The van der Waals surface area contributed by atoms with Gasteiger partial charge in [-0.25, -0.2) is 18.4 Å². The molecule has 0 saturated carbocycles. The third-order valence-corrected chi connectivity index (χ3v) is 8.76. The van der Waals surface area contributed by atoms with Gasteiger partial charge in [0.15, 0.2) is 0 Å². The lowest BCUT2D eigenvalue weighted by Crippen LogP contribution is -2.54. The number of nitrogens with two attached hydrogens (primary N) is 1. The third kappa shape index (κ3) is 13.3. The van der Waals surface area contributed by atoms with E-state index in [4.69, 9.17) is 15.6 Å². The number of carbonyl (C=O) groups is 7. The first-order valence-electron chi connectivity index (χ1n) is 17.8. The molecule has 0 fully saturated rings. The Morgan fingerprint density at radius 3 is 2.03 bits per heavy atom. The van der Waals surface area contributed by atoms with Crippen molar-refractivity contribution >= 4 is 41.5 Å². The highest BCUT2D eigenvalue weighted by molar-refractivity contribution is 6.14. The van der Waals surface area contributed by atoms with Gasteiger partial charge in [-0.15, -0.1) is 0 Å². The van der Waals surface area contributed by atoms with E-state index in [9.17, 15) is 55.8 Å². The van der Waals surface area contributed by atoms with Crippen LogP contribution in [0, 0.1) is 17.0 Å². The highest BCUT2D eigenvalue weighted by atomic mass is 19.4. The number of nitrogens with one attached hydrogen (secondary N) is 2. The van der Waals surface area contributed by atoms with Crippen molar-refractivity contribution in [3.63, 3.8) is 0 Å². The van der Waals surface area contributed by atoms with E-state index in [0.717, 1.165) is 35.9 Å². The molecule has 3 atom stereocenters. The average molecular weight is 835 g/mol. The van der Waals surface area contributed by atoms with Crippen molar-refractivity contribution in [3.05, 3.63) is 95.8 Å². The van der Waals surface area contributed by atoms with Crippen molar-refractivity contribution in [3.8, 4) is 11.1 Å². The largest absolute Gasteiger partial charge is 0.490 e. The number of amides is 5. The fraction of sp³-hybridized carbons (Fsp3) is 0.359. The molecule has 1 aliphatic rings. The molecule has 318 valence electrons. The van der Waals surface area contributed by atoms with Gasteiger partial charge in [-0.05, 0) is 41.7 Å². The van der Waals surface area contributed by atoms with E-state index in [2.05, 4.69) is 10.6 Å². The number of aromatic nitrogens is 1. The first kappa shape index (κ1) is 46.9. The Morgan fingerprint density at radius 2 is 1.51 bits per heavy atom. The summed E-state index contributed by atoms with van der Waals surface area (Å²) in [5, 5.41) is 21.4. The molecule has 59 heavy (non-hydrogen) atoms. The Kier molecular flexibility index (Phi) is 15.8. The SMILES string of the molecule is CC(=O)N(CC[C@H](N)C(=O)N[C@@H](CNC(=O)CN1C(=O)C=CC1=O)C(=O)O)[C@@H](c1cc(-c2cc(F)ccc2F)cn1Cc1ccccc1)C(C)(C)C.O=C(O)C(F)(F)F. The van der Waals surface area contributed by atoms with Crippen molar-refractivity contribution in [2.45, 2.75) is 65.0 Å². The topological polar surface area (TPSA) is 221 Å². The summed E-state index contributed by atoms with van der Waals surface area (Å²) in [5.41, 5.74) is 7.57. The smallest absolute Gasteiger partial charge is 0.480 e. The van der Waals surface area contributed by atoms with Gasteiger partial charge >= 0.3 is 18.1 Å². The summed E-state index contributed by atoms with van der Waals surface area (Å²) in [6.07, 6.45) is -1.46. The van der Waals surface area contributed by atoms with Gasteiger partial charge in [0.05, 0.1) is 12.1 Å². The summed E-state index contributed by atoms with van der Waals surface area (Å²) in [6, 6.07) is 10.8. The predicted octanol–water partition coefficient (Wildman–Crippen LogP) is 3.38. The van der Waals surface area contributed by atoms with E-state index in [1.54, 1.807) is 17.2 Å². The van der Waals surface area contributed by atoms with Crippen LogP contribution in [0.1, 0.15) is 51.4 Å². The summed E-state index contributed by atoms with van der Waals surface area (Å²) < 4.78 is 62.9. The van der Waals surface area contributed by atoms with Gasteiger partial charge in [-0.1, -0.05) is 51.1 Å². The molecule has 0 bridgehead atoms. The summed E-state index contributed by atoms with van der Waals surface area (Å²) in [5.74, 6) is -8.87. The number of imide groups is 1. The van der Waals surface area contributed by atoms with E-state index in [1.807, 2.05) is 55.7 Å². The minimum absolute atomic E-state index is 0.0353. The van der Waals surface area contributed by atoms with Crippen LogP contribution in [0.5, 0.6) is 0 Å². The summed E-state index contributed by atoms with van der Waals surface area (Å²) in [4.78, 5) is 85.1. The normalized spacial score (nSPS) is 14.2. The second kappa shape index (κ2) is 19.8. The highest BCUT2D eigenvalue weighted by Gasteiger charge is 2.39. The quantitative estimate of drug-likeness (QED) is 0.111. The van der Waals surface area contributed by atoms with Crippen LogP contribution in [-0.2, 0) is 40.1 Å².